The Morgan fingerprint density at radius 2 is 2.07 bits per heavy atom. The maximum absolute atomic E-state index is 3.25. The summed E-state index contributed by atoms with van der Waals surface area (Å²) in [5.74, 6) is 0. The lowest BCUT2D eigenvalue weighted by atomic mass is 10.1. The lowest BCUT2D eigenvalue weighted by Gasteiger charge is -2.29. The fraction of sp³-hybridized carbons (Fsp3) is 0.385. The van der Waals surface area contributed by atoms with E-state index in [-0.39, 0.29) is 0 Å². The SMILES string of the molecule is CC(c1ccccc1)N1CC=[C]CC1. The molecule has 0 N–H and O–H groups in total. The maximum Gasteiger partial charge on any atom is 0.0323 e. The van der Waals surface area contributed by atoms with E-state index in [1.54, 1.807) is 0 Å². The minimum absolute atomic E-state index is 0.523. The van der Waals surface area contributed by atoms with Crippen molar-refractivity contribution in [3.8, 4) is 0 Å². The first-order chi connectivity index (χ1) is 6.88. The Kier molecular flexibility index (Phi) is 3.00. The first-order valence-corrected chi connectivity index (χ1v) is 5.22. The Labute approximate surface area is 86.1 Å². The minimum Gasteiger partial charge on any atom is -0.293 e. The Bertz CT molecular complexity index is 302. The van der Waals surface area contributed by atoms with Gasteiger partial charge in [-0.25, -0.2) is 0 Å². The highest BCUT2D eigenvalue weighted by atomic mass is 15.1. The van der Waals surface area contributed by atoms with Crippen molar-refractivity contribution < 1.29 is 0 Å². The predicted molar refractivity (Wildman–Crippen MR) is 58.9 cm³/mol. The number of benzene rings is 1. The second-order valence-corrected chi connectivity index (χ2v) is 3.74. The molecule has 1 aromatic rings. The molecule has 2 rings (SSSR count). The van der Waals surface area contributed by atoms with E-state index in [0.29, 0.717) is 6.04 Å². The van der Waals surface area contributed by atoms with Crippen molar-refractivity contribution in [1.82, 2.24) is 4.90 Å². The van der Waals surface area contributed by atoms with Gasteiger partial charge < -0.3 is 0 Å². The average Bonchev–Trinajstić information content (AvgIpc) is 2.30. The van der Waals surface area contributed by atoms with E-state index in [2.05, 4.69) is 54.3 Å². The number of hydrogen-bond donors (Lipinski definition) is 0. The summed E-state index contributed by atoms with van der Waals surface area (Å²) in [4.78, 5) is 2.48. The van der Waals surface area contributed by atoms with Gasteiger partial charge in [-0.05, 0) is 25.0 Å². The second-order valence-electron chi connectivity index (χ2n) is 3.74. The van der Waals surface area contributed by atoms with Gasteiger partial charge in [0.05, 0.1) is 0 Å². The van der Waals surface area contributed by atoms with E-state index in [1.807, 2.05) is 0 Å². The molecule has 1 aliphatic rings. The van der Waals surface area contributed by atoms with Crippen molar-refractivity contribution in [2.45, 2.75) is 19.4 Å². The summed E-state index contributed by atoms with van der Waals surface area (Å²) in [6, 6.07) is 11.2. The molecule has 0 aliphatic carbocycles. The molecule has 1 unspecified atom stereocenters. The summed E-state index contributed by atoms with van der Waals surface area (Å²) >= 11 is 0. The Morgan fingerprint density at radius 3 is 2.71 bits per heavy atom. The van der Waals surface area contributed by atoms with Gasteiger partial charge in [0, 0.05) is 19.1 Å². The van der Waals surface area contributed by atoms with Gasteiger partial charge in [0.2, 0.25) is 0 Å². The van der Waals surface area contributed by atoms with E-state index in [1.165, 1.54) is 5.56 Å². The quantitative estimate of drug-likeness (QED) is 0.686. The van der Waals surface area contributed by atoms with Crippen molar-refractivity contribution in [2.24, 2.45) is 0 Å². The third-order valence-corrected chi connectivity index (χ3v) is 2.84. The summed E-state index contributed by atoms with van der Waals surface area (Å²) < 4.78 is 0. The third-order valence-electron chi connectivity index (χ3n) is 2.84. The molecule has 0 spiro atoms. The molecule has 1 heterocycles. The van der Waals surface area contributed by atoms with E-state index in [9.17, 15) is 0 Å². The normalized spacial score (nSPS) is 19.5. The molecule has 1 atom stereocenters. The smallest absolute Gasteiger partial charge is 0.0323 e. The summed E-state index contributed by atoms with van der Waals surface area (Å²) in [6.07, 6.45) is 6.46. The van der Waals surface area contributed by atoms with Crippen LogP contribution in [0.4, 0.5) is 0 Å². The molecule has 14 heavy (non-hydrogen) atoms. The highest BCUT2D eigenvalue weighted by molar-refractivity contribution is 5.18. The molecular formula is C13H16N. The third kappa shape index (κ3) is 2.05. The Hall–Kier alpha value is -1.08. The van der Waals surface area contributed by atoms with Crippen LogP contribution in [0.3, 0.4) is 0 Å². The van der Waals surface area contributed by atoms with Crippen LogP contribution in [0.2, 0.25) is 0 Å². The molecule has 0 saturated carbocycles. The Morgan fingerprint density at radius 1 is 1.29 bits per heavy atom. The van der Waals surface area contributed by atoms with Crippen LogP contribution in [0, 0.1) is 6.08 Å². The Balaban J connectivity index is 2.08. The van der Waals surface area contributed by atoms with Gasteiger partial charge in [0.25, 0.3) is 0 Å². The number of rotatable bonds is 2. The lowest BCUT2D eigenvalue weighted by molar-refractivity contribution is 0.229. The average molecular weight is 186 g/mol. The van der Waals surface area contributed by atoms with E-state index < -0.39 is 0 Å². The van der Waals surface area contributed by atoms with Crippen LogP contribution in [0.25, 0.3) is 0 Å². The zero-order valence-electron chi connectivity index (χ0n) is 8.61. The summed E-state index contributed by atoms with van der Waals surface area (Å²) in [7, 11) is 0. The van der Waals surface area contributed by atoms with Gasteiger partial charge in [-0.3, -0.25) is 4.90 Å². The molecule has 1 aliphatic heterocycles. The van der Waals surface area contributed by atoms with Gasteiger partial charge in [0.15, 0.2) is 0 Å². The summed E-state index contributed by atoms with van der Waals surface area (Å²) in [6.45, 7) is 4.44. The van der Waals surface area contributed by atoms with Crippen LogP contribution in [-0.2, 0) is 0 Å². The second kappa shape index (κ2) is 4.43. The van der Waals surface area contributed by atoms with Gasteiger partial charge in [-0.2, -0.15) is 0 Å². The van der Waals surface area contributed by atoms with E-state index in [0.717, 1.165) is 19.5 Å². The first kappa shape index (κ1) is 9.47. The largest absolute Gasteiger partial charge is 0.293 e. The molecule has 0 bridgehead atoms. The van der Waals surface area contributed by atoms with Gasteiger partial charge in [-0.1, -0.05) is 36.4 Å². The van der Waals surface area contributed by atoms with Gasteiger partial charge in [-0.15, -0.1) is 0 Å². The zero-order chi connectivity index (χ0) is 9.80. The number of hydrogen-bond acceptors (Lipinski definition) is 1. The molecule has 0 fully saturated rings. The first-order valence-electron chi connectivity index (χ1n) is 5.22. The van der Waals surface area contributed by atoms with Crippen molar-refractivity contribution in [3.05, 3.63) is 48.0 Å². The van der Waals surface area contributed by atoms with Crippen LogP contribution in [-0.4, -0.2) is 18.0 Å². The highest BCUT2D eigenvalue weighted by Gasteiger charge is 2.15. The molecule has 73 valence electrons. The van der Waals surface area contributed by atoms with Crippen molar-refractivity contribution >= 4 is 0 Å². The van der Waals surface area contributed by atoms with Crippen LogP contribution in [0.15, 0.2) is 36.4 Å². The molecule has 1 aromatic carbocycles. The fourth-order valence-electron chi connectivity index (χ4n) is 1.88. The van der Waals surface area contributed by atoms with Crippen LogP contribution in [0.1, 0.15) is 24.9 Å². The monoisotopic (exact) mass is 186 g/mol. The molecule has 1 heteroatoms. The van der Waals surface area contributed by atoms with Crippen LogP contribution < -0.4 is 0 Å². The van der Waals surface area contributed by atoms with E-state index in [4.69, 9.17) is 0 Å². The molecule has 1 radical (unpaired) electrons. The molecule has 0 amide bonds. The maximum atomic E-state index is 3.25. The van der Waals surface area contributed by atoms with Crippen molar-refractivity contribution in [2.75, 3.05) is 13.1 Å². The van der Waals surface area contributed by atoms with Crippen LogP contribution >= 0.6 is 0 Å². The van der Waals surface area contributed by atoms with Gasteiger partial charge in [0.1, 0.15) is 0 Å². The van der Waals surface area contributed by atoms with Crippen molar-refractivity contribution in [3.63, 3.8) is 0 Å². The zero-order valence-corrected chi connectivity index (χ0v) is 8.61. The predicted octanol–water partition coefficient (Wildman–Crippen LogP) is 2.81. The van der Waals surface area contributed by atoms with Crippen LogP contribution in [0.5, 0.6) is 0 Å². The topological polar surface area (TPSA) is 3.24 Å². The molecule has 1 nitrogen and oxygen atoms in total. The van der Waals surface area contributed by atoms with Gasteiger partial charge >= 0.3 is 0 Å². The number of nitrogens with zero attached hydrogens (tertiary/aromatic N) is 1. The lowest BCUT2D eigenvalue weighted by Crippen LogP contribution is -2.30. The summed E-state index contributed by atoms with van der Waals surface area (Å²) in [5.41, 5.74) is 1.41. The minimum atomic E-state index is 0.523. The molecule has 0 saturated heterocycles. The fourth-order valence-corrected chi connectivity index (χ4v) is 1.88. The highest BCUT2D eigenvalue weighted by Crippen LogP contribution is 2.21. The summed E-state index contributed by atoms with van der Waals surface area (Å²) in [5, 5.41) is 0. The standard InChI is InChI=1S/C13H16N/c1-12(13-8-4-2-5-9-13)14-10-6-3-7-11-14/h2,4-6,8-9,12H,7,10-11H2,1H3. The van der Waals surface area contributed by atoms with Crippen molar-refractivity contribution in [1.29, 1.82) is 0 Å². The van der Waals surface area contributed by atoms with E-state index >= 15 is 0 Å². The molecule has 0 aromatic heterocycles. The molecular weight excluding hydrogens is 170 g/mol.